The molecule has 0 fully saturated rings. The van der Waals surface area contributed by atoms with Crippen molar-refractivity contribution in [2.75, 3.05) is 41.4 Å². The Balaban J connectivity index is 2.74. The number of amides is 2. The van der Waals surface area contributed by atoms with Gasteiger partial charge in [0.15, 0.2) is 6.10 Å². The summed E-state index contributed by atoms with van der Waals surface area (Å²) in [6, 6.07) is 0. The predicted octanol–water partition coefficient (Wildman–Crippen LogP) is 2.65. The number of allylic oxidation sites excluding steroid dienone is 4. The lowest BCUT2D eigenvalue weighted by Gasteiger charge is -2.33. The molecule has 0 saturated carbocycles. The molecule has 0 unspecified atom stereocenters. The maximum Gasteiger partial charge on any atom is 0.405 e. The number of hydrogen-bond donors (Lipinski definition) is 3. The van der Waals surface area contributed by atoms with Crippen molar-refractivity contribution in [1.29, 1.82) is 0 Å². The van der Waals surface area contributed by atoms with Crippen LogP contribution in [0.2, 0.25) is 0 Å². The normalized spacial score (nSPS) is 29.1. The Bertz CT molecular complexity index is 1390. The van der Waals surface area contributed by atoms with Crippen molar-refractivity contribution in [3.8, 4) is 0 Å². The molecule has 1 aliphatic carbocycles. The van der Waals surface area contributed by atoms with Gasteiger partial charge in [-0.1, -0.05) is 44.2 Å². The molecule has 264 valence electrons. The van der Waals surface area contributed by atoms with Gasteiger partial charge in [0.05, 0.1) is 24.0 Å². The van der Waals surface area contributed by atoms with Gasteiger partial charge in [-0.3, -0.25) is 24.1 Å². The second-order valence-corrected chi connectivity index (χ2v) is 12.3. The Hall–Kier alpha value is -4.33. The van der Waals surface area contributed by atoms with Gasteiger partial charge in [0.2, 0.25) is 11.6 Å². The highest BCUT2D eigenvalue weighted by Crippen LogP contribution is 2.30. The van der Waals surface area contributed by atoms with Crippen molar-refractivity contribution in [3.05, 3.63) is 71.1 Å². The van der Waals surface area contributed by atoms with Gasteiger partial charge in [-0.05, 0) is 52.3 Å². The fraction of sp³-hybridized carbons (Fsp3) is 0.514. The Kier molecular flexibility index (Phi) is 15.7. The summed E-state index contributed by atoms with van der Waals surface area (Å²) in [4.78, 5) is 66.7. The number of nitrogens with one attached hydrogen (secondary N) is 2. The number of rotatable bonds is 9. The number of esters is 1. The lowest BCUT2D eigenvalue weighted by Crippen LogP contribution is -2.41. The van der Waals surface area contributed by atoms with Crippen LogP contribution in [0.1, 0.15) is 40.5 Å². The third kappa shape index (κ3) is 11.4. The van der Waals surface area contributed by atoms with Crippen LogP contribution in [0.4, 0.5) is 4.79 Å². The van der Waals surface area contributed by atoms with E-state index in [1.807, 2.05) is 13.8 Å². The molecule has 2 bridgehead atoms. The number of hydrogen-bond acceptors (Lipinski definition) is 11. The minimum absolute atomic E-state index is 0.0253. The Morgan fingerprint density at radius 1 is 1.12 bits per heavy atom. The van der Waals surface area contributed by atoms with Gasteiger partial charge in [0.1, 0.15) is 12.2 Å². The second-order valence-electron chi connectivity index (χ2n) is 12.3. The van der Waals surface area contributed by atoms with Crippen LogP contribution in [0, 0.1) is 11.8 Å². The molecular weight excluding hydrogens is 620 g/mol. The number of likely N-dealkylation sites (N-methyl/N-ethyl adjacent to an activating group) is 1. The summed E-state index contributed by atoms with van der Waals surface area (Å²) in [5, 5.41) is 5.56. The summed E-state index contributed by atoms with van der Waals surface area (Å²) >= 11 is 0. The molecule has 4 N–H and O–H groups in total. The lowest BCUT2D eigenvalue weighted by atomic mass is 9.85. The summed E-state index contributed by atoms with van der Waals surface area (Å²) in [5.41, 5.74) is 6.41. The summed E-state index contributed by atoms with van der Waals surface area (Å²) in [5.74, 6) is -2.75. The second kappa shape index (κ2) is 18.9. The molecule has 0 radical (unpaired) electrons. The predicted molar refractivity (Wildman–Crippen MR) is 180 cm³/mol. The molecule has 1 heterocycles. The van der Waals surface area contributed by atoms with E-state index in [1.54, 1.807) is 57.1 Å². The van der Waals surface area contributed by atoms with Crippen molar-refractivity contribution in [2.24, 2.45) is 17.6 Å². The van der Waals surface area contributed by atoms with Crippen LogP contribution in [0.3, 0.4) is 0 Å². The van der Waals surface area contributed by atoms with E-state index in [2.05, 4.69) is 17.2 Å². The van der Waals surface area contributed by atoms with E-state index < -0.39 is 59.9 Å². The first-order valence-corrected chi connectivity index (χ1v) is 15.7. The number of ketones is 2. The fourth-order valence-electron chi connectivity index (χ4n) is 5.57. The van der Waals surface area contributed by atoms with E-state index in [0.717, 1.165) is 6.08 Å². The zero-order chi connectivity index (χ0) is 36.1. The van der Waals surface area contributed by atoms with E-state index in [4.69, 9.17) is 24.7 Å². The molecular formula is C35H50N4O9. The van der Waals surface area contributed by atoms with Gasteiger partial charge >= 0.3 is 12.1 Å². The van der Waals surface area contributed by atoms with Crippen molar-refractivity contribution in [2.45, 2.75) is 65.0 Å². The van der Waals surface area contributed by atoms with E-state index in [9.17, 15) is 24.0 Å². The third-order valence-corrected chi connectivity index (χ3v) is 7.89. The van der Waals surface area contributed by atoms with Gasteiger partial charge in [0.25, 0.3) is 5.91 Å². The van der Waals surface area contributed by atoms with E-state index in [-0.39, 0.29) is 48.0 Å². The molecule has 2 aliphatic rings. The quantitative estimate of drug-likeness (QED) is 0.187. The van der Waals surface area contributed by atoms with E-state index in [1.165, 1.54) is 20.3 Å². The first-order chi connectivity index (χ1) is 22.6. The minimum Gasteiger partial charge on any atom is -0.458 e. The van der Waals surface area contributed by atoms with Crippen molar-refractivity contribution < 1.29 is 42.9 Å². The smallest absolute Gasteiger partial charge is 0.405 e. The molecule has 2 amide bonds. The molecule has 48 heavy (non-hydrogen) atoms. The van der Waals surface area contributed by atoms with Crippen molar-refractivity contribution >= 4 is 29.5 Å². The monoisotopic (exact) mass is 670 g/mol. The van der Waals surface area contributed by atoms with Gasteiger partial charge < -0.3 is 35.3 Å². The number of nitrogens with two attached hydrogens (primary N) is 1. The molecule has 0 aromatic heterocycles. The summed E-state index contributed by atoms with van der Waals surface area (Å²) in [6.07, 6.45) is 5.32. The number of carbonyl (C=O) groups is 5. The number of primary amides is 1. The minimum atomic E-state index is -1.02. The van der Waals surface area contributed by atoms with Crippen LogP contribution >= 0.6 is 0 Å². The first-order valence-electron chi connectivity index (χ1n) is 15.7. The number of nitrogens with zero attached hydrogens (tertiary/aromatic N) is 1. The summed E-state index contributed by atoms with van der Waals surface area (Å²) in [7, 11) is 6.43. The number of methoxy groups -OCH3 is 2. The zero-order valence-electron chi connectivity index (χ0n) is 29.2. The van der Waals surface area contributed by atoms with Crippen LogP contribution in [0.5, 0.6) is 0 Å². The molecule has 13 nitrogen and oxygen atoms in total. The highest BCUT2D eigenvalue weighted by Gasteiger charge is 2.35. The van der Waals surface area contributed by atoms with E-state index in [0.29, 0.717) is 12.0 Å². The van der Waals surface area contributed by atoms with Crippen molar-refractivity contribution in [1.82, 2.24) is 15.5 Å². The standard InChI is InChI=1S/C35H50N4O9/c1-10-14-37-30-24-15-20(2)16-28(46-9)33(47-29(41)19-39(6)7)23(5)17-22(4)32(48-35(36)44)27(45-8)13-11-12-21(3)34(43)38-25(31(24)42)18-26(30)40/h10-13,17-18,20,23,27-28,32-33,37H,1,14-16,19H2,2-9H3,(H2,36,44)(H,38,43)/b13-11-,21-12+,22-17+/t20-,23-,27+,28-,32-,33-/m1/s1. The lowest BCUT2D eigenvalue weighted by molar-refractivity contribution is -0.161. The largest absolute Gasteiger partial charge is 0.458 e. The fourth-order valence-corrected chi connectivity index (χ4v) is 5.57. The van der Waals surface area contributed by atoms with Gasteiger partial charge in [-0.15, -0.1) is 6.58 Å². The molecule has 0 spiro atoms. The maximum absolute atomic E-state index is 13.8. The SMILES string of the molecule is C=CCNC1=C2C[C@@H](C)C[C@@H](OC)[C@H](OC(=O)CN(C)C)[C@H](C)/C=C(\C)[C@@H](OC(N)=O)[C@@H](OC)/C=C\C=C(/C)C(=O)NC(=CC1=O)C2=O. The van der Waals surface area contributed by atoms with Crippen LogP contribution in [-0.2, 0) is 38.1 Å². The Morgan fingerprint density at radius 3 is 2.40 bits per heavy atom. The molecule has 0 saturated heterocycles. The molecule has 13 heteroatoms. The molecule has 1 aliphatic heterocycles. The average molecular weight is 671 g/mol. The topological polar surface area (TPSA) is 176 Å². The van der Waals surface area contributed by atoms with Crippen LogP contribution < -0.4 is 16.4 Å². The van der Waals surface area contributed by atoms with Gasteiger partial charge in [0, 0.05) is 43.9 Å². The zero-order valence-corrected chi connectivity index (χ0v) is 29.2. The maximum atomic E-state index is 13.8. The summed E-state index contributed by atoms with van der Waals surface area (Å²) < 4.78 is 23.0. The molecule has 6 atom stereocenters. The van der Waals surface area contributed by atoms with Crippen LogP contribution in [0.15, 0.2) is 71.1 Å². The molecule has 0 aromatic carbocycles. The Morgan fingerprint density at radius 2 is 1.81 bits per heavy atom. The Labute approximate surface area is 282 Å². The van der Waals surface area contributed by atoms with Gasteiger partial charge in [-0.25, -0.2) is 4.79 Å². The highest BCUT2D eigenvalue weighted by atomic mass is 16.6. The molecule has 2 rings (SSSR count). The number of Topliss-reactive ketones (excluding diaryl/α,β-unsaturated/α-hetero) is 1. The number of ether oxygens (including phenoxy) is 4. The van der Waals surface area contributed by atoms with Crippen LogP contribution in [-0.4, -0.2) is 100 Å². The highest BCUT2D eigenvalue weighted by molar-refractivity contribution is 6.23. The third-order valence-electron chi connectivity index (χ3n) is 7.89. The van der Waals surface area contributed by atoms with Gasteiger partial charge in [-0.2, -0.15) is 0 Å². The first kappa shape index (κ1) is 39.8. The summed E-state index contributed by atoms with van der Waals surface area (Å²) in [6.45, 7) is 11.0. The number of carbonyl (C=O) groups excluding carboxylic acids is 5. The average Bonchev–Trinajstić information content (AvgIpc) is 3.00. The van der Waals surface area contributed by atoms with E-state index >= 15 is 0 Å². The van der Waals surface area contributed by atoms with Crippen molar-refractivity contribution in [3.63, 3.8) is 0 Å². The van der Waals surface area contributed by atoms with Crippen LogP contribution in [0.25, 0.3) is 0 Å². The number of fused-ring (bicyclic) bond motifs is 2. The molecule has 0 aromatic rings.